The Morgan fingerprint density at radius 2 is 2.18 bits per heavy atom. The molecule has 0 saturated carbocycles. The van der Waals surface area contributed by atoms with Gasteiger partial charge in [0.05, 0.1) is 5.69 Å². The van der Waals surface area contributed by atoms with E-state index in [1.54, 1.807) is 28.0 Å². The summed E-state index contributed by atoms with van der Waals surface area (Å²) in [6.45, 7) is 4.60. The molecular formula is C16H16BrN3OS. The fourth-order valence-electron chi connectivity index (χ4n) is 2.34. The minimum absolute atomic E-state index is 0.0477. The number of aromatic nitrogens is 2. The zero-order valence-electron chi connectivity index (χ0n) is 12.2. The van der Waals surface area contributed by atoms with Gasteiger partial charge in [0.15, 0.2) is 0 Å². The number of nitrogens with zero attached hydrogens (tertiary/aromatic N) is 3. The number of hydrogen-bond acceptors (Lipinski definition) is 4. The number of fused-ring (bicyclic) bond motifs is 1. The highest BCUT2D eigenvalue weighted by Gasteiger charge is 2.09. The van der Waals surface area contributed by atoms with Crippen LogP contribution in [0.3, 0.4) is 0 Å². The molecule has 22 heavy (non-hydrogen) atoms. The highest BCUT2D eigenvalue weighted by atomic mass is 79.9. The number of halogens is 1. The van der Waals surface area contributed by atoms with Gasteiger partial charge in [0.1, 0.15) is 5.65 Å². The van der Waals surface area contributed by atoms with Crippen LogP contribution in [0, 0.1) is 0 Å². The summed E-state index contributed by atoms with van der Waals surface area (Å²) in [7, 11) is 0. The topological polar surface area (TPSA) is 37.6 Å². The zero-order valence-corrected chi connectivity index (χ0v) is 14.6. The summed E-state index contributed by atoms with van der Waals surface area (Å²) in [5.74, 6) is 0. The molecular weight excluding hydrogens is 362 g/mol. The van der Waals surface area contributed by atoms with E-state index in [2.05, 4.69) is 50.3 Å². The van der Waals surface area contributed by atoms with Crippen molar-refractivity contribution >= 4 is 32.9 Å². The standard InChI is InChI=1S/C16H16BrN3OS/c1-2-19(11-14-4-3-7-22-14)10-13-8-16(21)20-9-12(17)5-6-15(20)18-13/h3-9H,2,10-11H2,1H3. The maximum absolute atomic E-state index is 12.2. The Kier molecular flexibility index (Phi) is 4.71. The largest absolute Gasteiger partial charge is 0.293 e. The molecule has 0 spiro atoms. The van der Waals surface area contributed by atoms with Crippen molar-refractivity contribution < 1.29 is 0 Å². The van der Waals surface area contributed by atoms with Crippen molar-refractivity contribution in [1.29, 1.82) is 0 Å². The maximum atomic E-state index is 12.2. The molecule has 0 aromatic carbocycles. The van der Waals surface area contributed by atoms with E-state index in [-0.39, 0.29) is 5.56 Å². The van der Waals surface area contributed by atoms with Crippen LogP contribution in [0.15, 0.2) is 51.2 Å². The molecule has 4 nitrogen and oxygen atoms in total. The summed E-state index contributed by atoms with van der Waals surface area (Å²) >= 11 is 5.13. The predicted octanol–water partition coefficient (Wildman–Crippen LogP) is 3.54. The minimum atomic E-state index is -0.0477. The molecule has 0 fully saturated rings. The number of thiophene rings is 1. The second kappa shape index (κ2) is 6.73. The highest BCUT2D eigenvalue weighted by Crippen LogP contribution is 2.14. The Morgan fingerprint density at radius 3 is 2.91 bits per heavy atom. The molecule has 6 heteroatoms. The normalized spacial score (nSPS) is 11.4. The quantitative estimate of drug-likeness (QED) is 0.682. The van der Waals surface area contributed by atoms with E-state index in [1.807, 2.05) is 12.1 Å². The first kappa shape index (κ1) is 15.4. The predicted molar refractivity (Wildman–Crippen MR) is 93.3 cm³/mol. The van der Waals surface area contributed by atoms with Gasteiger partial charge >= 0.3 is 0 Å². The van der Waals surface area contributed by atoms with Gasteiger partial charge in [-0.1, -0.05) is 13.0 Å². The van der Waals surface area contributed by atoms with Crippen molar-refractivity contribution in [3.8, 4) is 0 Å². The molecule has 0 bridgehead atoms. The number of pyridine rings is 1. The summed E-state index contributed by atoms with van der Waals surface area (Å²) in [6.07, 6.45) is 1.75. The lowest BCUT2D eigenvalue weighted by Gasteiger charge is -2.19. The molecule has 114 valence electrons. The number of hydrogen-bond donors (Lipinski definition) is 0. The van der Waals surface area contributed by atoms with Gasteiger partial charge in [-0.15, -0.1) is 11.3 Å². The third kappa shape index (κ3) is 3.45. The van der Waals surface area contributed by atoms with E-state index >= 15 is 0 Å². The Balaban J connectivity index is 1.86. The zero-order chi connectivity index (χ0) is 15.5. The molecule has 0 radical (unpaired) electrons. The first-order valence-corrected chi connectivity index (χ1v) is 8.75. The Bertz CT molecular complexity index is 829. The van der Waals surface area contributed by atoms with Crippen molar-refractivity contribution in [2.24, 2.45) is 0 Å². The van der Waals surface area contributed by atoms with Crippen LogP contribution >= 0.6 is 27.3 Å². The van der Waals surface area contributed by atoms with Gasteiger partial charge in [-0.2, -0.15) is 0 Å². The average molecular weight is 378 g/mol. The minimum Gasteiger partial charge on any atom is -0.293 e. The van der Waals surface area contributed by atoms with Crippen LogP contribution in [0.5, 0.6) is 0 Å². The summed E-state index contributed by atoms with van der Waals surface area (Å²) in [4.78, 5) is 20.4. The molecule has 0 aliphatic heterocycles. The van der Waals surface area contributed by atoms with Crippen LogP contribution in [-0.4, -0.2) is 20.8 Å². The molecule has 3 heterocycles. The third-order valence-electron chi connectivity index (χ3n) is 3.47. The Labute approximate surface area is 141 Å². The van der Waals surface area contributed by atoms with Gasteiger partial charge in [-0.05, 0) is 46.1 Å². The van der Waals surface area contributed by atoms with Gasteiger partial charge in [-0.3, -0.25) is 14.1 Å². The first-order chi connectivity index (χ1) is 10.7. The highest BCUT2D eigenvalue weighted by molar-refractivity contribution is 9.10. The molecule has 3 rings (SSSR count). The molecule has 0 aliphatic rings. The van der Waals surface area contributed by atoms with E-state index in [0.29, 0.717) is 12.2 Å². The molecule has 0 unspecified atom stereocenters. The second-order valence-corrected chi connectivity index (χ2v) is 6.99. The molecule has 0 amide bonds. The van der Waals surface area contributed by atoms with Crippen LogP contribution in [0.2, 0.25) is 0 Å². The van der Waals surface area contributed by atoms with Crippen molar-refractivity contribution in [3.05, 3.63) is 67.3 Å². The lowest BCUT2D eigenvalue weighted by Crippen LogP contribution is -2.24. The van der Waals surface area contributed by atoms with Gasteiger partial charge in [0.25, 0.3) is 5.56 Å². The third-order valence-corrected chi connectivity index (χ3v) is 4.80. The van der Waals surface area contributed by atoms with Gasteiger partial charge < -0.3 is 0 Å². The van der Waals surface area contributed by atoms with Crippen LogP contribution in [0.4, 0.5) is 0 Å². The van der Waals surface area contributed by atoms with E-state index in [0.717, 1.165) is 23.3 Å². The maximum Gasteiger partial charge on any atom is 0.258 e. The van der Waals surface area contributed by atoms with Crippen LogP contribution < -0.4 is 5.56 Å². The smallest absolute Gasteiger partial charge is 0.258 e. The van der Waals surface area contributed by atoms with Crippen molar-refractivity contribution in [2.45, 2.75) is 20.0 Å². The van der Waals surface area contributed by atoms with Crippen molar-refractivity contribution in [2.75, 3.05) is 6.54 Å². The van der Waals surface area contributed by atoms with Crippen molar-refractivity contribution in [3.63, 3.8) is 0 Å². The molecule has 3 aromatic rings. The SMILES string of the molecule is CCN(Cc1cc(=O)n2cc(Br)ccc2n1)Cc1cccs1. The summed E-state index contributed by atoms with van der Waals surface area (Å²) in [6, 6.07) is 9.57. The Hall–Kier alpha value is -1.50. The lowest BCUT2D eigenvalue weighted by atomic mass is 10.3. The van der Waals surface area contributed by atoms with Crippen LogP contribution in [0.25, 0.3) is 5.65 Å². The lowest BCUT2D eigenvalue weighted by molar-refractivity contribution is 0.270. The van der Waals surface area contributed by atoms with E-state index < -0.39 is 0 Å². The number of rotatable bonds is 5. The van der Waals surface area contributed by atoms with Gasteiger partial charge in [0, 0.05) is 34.7 Å². The molecule has 0 saturated heterocycles. The van der Waals surface area contributed by atoms with Crippen LogP contribution in [0.1, 0.15) is 17.5 Å². The molecule has 0 N–H and O–H groups in total. The first-order valence-electron chi connectivity index (χ1n) is 7.08. The molecule has 3 aromatic heterocycles. The van der Waals surface area contributed by atoms with E-state index in [9.17, 15) is 4.79 Å². The fourth-order valence-corrected chi connectivity index (χ4v) is 3.42. The Morgan fingerprint density at radius 1 is 1.32 bits per heavy atom. The average Bonchev–Trinajstić information content (AvgIpc) is 3.00. The second-order valence-electron chi connectivity index (χ2n) is 5.04. The fraction of sp³-hybridized carbons (Fsp3) is 0.250. The summed E-state index contributed by atoms with van der Waals surface area (Å²) in [5, 5.41) is 2.09. The van der Waals surface area contributed by atoms with Gasteiger partial charge in [-0.25, -0.2) is 4.98 Å². The van der Waals surface area contributed by atoms with E-state index in [4.69, 9.17) is 0 Å². The monoisotopic (exact) mass is 377 g/mol. The summed E-state index contributed by atoms with van der Waals surface area (Å²) in [5.41, 5.74) is 1.44. The van der Waals surface area contributed by atoms with Gasteiger partial charge in [0.2, 0.25) is 0 Å². The van der Waals surface area contributed by atoms with Crippen LogP contribution in [-0.2, 0) is 13.1 Å². The molecule has 0 aliphatic carbocycles. The molecule has 0 atom stereocenters. The van der Waals surface area contributed by atoms with E-state index in [1.165, 1.54) is 4.88 Å². The summed E-state index contributed by atoms with van der Waals surface area (Å²) < 4.78 is 2.42. The van der Waals surface area contributed by atoms with Crippen molar-refractivity contribution in [1.82, 2.24) is 14.3 Å².